The van der Waals surface area contributed by atoms with Gasteiger partial charge < -0.3 is 15.4 Å². The van der Waals surface area contributed by atoms with Gasteiger partial charge in [0, 0.05) is 6.54 Å². The first-order chi connectivity index (χ1) is 8.70. The van der Waals surface area contributed by atoms with Crippen molar-refractivity contribution >= 4 is 23.2 Å². The van der Waals surface area contributed by atoms with E-state index >= 15 is 0 Å². The zero-order chi connectivity index (χ0) is 13.5. The van der Waals surface area contributed by atoms with Gasteiger partial charge in [0.1, 0.15) is 11.5 Å². The fourth-order valence-corrected chi connectivity index (χ4v) is 1.62. The first-order valence-electron chi connectivity index (χ1n) is 5.84. The summed E-state index contributed by atoms with van der Waals surface area (Å²) in [7, 11) is 1.53. The number of ether oxygens (including phenoxy) is 1. The predicted octanol–water partition coefficient (Wildman–Crippen LogP) is 1.84. The van der Waals surface area contributed by atoms with Gasteiger partial charge in [-0.05, 0) is 6.92 Å². The molecule has 0 unspecified atom stereocenters. The van der Waals surface area contributed by atoms with Crippen molar-refractivity contribution in [2.75, 3.05) is 25.5 Å². The molecule has 7 heteroatoms. The third kappa shape index (κ3) is 3.46. The topological polar surface area (TPSA) is 71.4 Å². The Hall–Kier alpha value is -1.56. The molecule has 2 heterocycles. The number of aryl methyl sites for hydroxylation is 1. The molecule has 0 bridgehead atoms. The highest BCUT2D eigenvalue weighted by Gasteiger charge is 2.15. The summed E-state index contributed by atoms with van der Waals surface area (Å²) in [6.07, 6.45) is 0. The number of hydrogen-bond acceptors (Lipinski definition) is 6. The van der Waals surface area contributed by atoms with Crippen LogP contribution >= 0.6 is 11.6 Å². The van der Waals surface area contributed by atoms with Crippen LogP contribution in [0.4, 0.5) is 5.69 Å². The summed E-state index contributed by atoms with van der Waals surface area (Å²) in [4.78, 5) is 12.4. The minimum atomic E-state index is 0.320. The van der Waals surface area contributed by atoms with E-state index < -0.39 is 0 Å². The minimum Gasteiger partial charge on any atom is -0.479 e. The van der Waals surface area contributed by atoms with E-state index in [9.17, 15) is 0 Å². The molecule has 2 N–H and O–H groups in total. The van der Waals surface area contributed by atoms with Crippen molar-refractivity contribution in [1.82, 2.24) is 15.3 Å². The maximum Gasteiger partial charge on any atom is 0.242 e. The zero-order valence-electron chi connectivity index (χ0n) is 11.0. The van der Waals surface area contributed by atoms with Gasteiger partial charge in [-0.15, -0.1) is 0 Å². The molecule has 0 aromatic carbocycles. The number of aromatic nitrogens is 2. The number of halogens is 1. The summed E-state index contributed by atoms with van der Waals surface area (Å²) >= 11 is 6.02. The largest absolute Gasteiger partial charge is 0.479 e. The van der Waals surface area contributed by atoms with Crippen LogP contribution in [0.1, 0.15) is 19.7 Å². The lowest BCUT2D eigenvalue weighted by Crippen LogP contribution is -2.26. The molecule has 0 amide bonds. The van der Waals surface area contributed by atoms with Gasteiger partial charge in [0.25, 0.3) is 0 Å². The number of aliphatic imine (C=N–C) groups is 1. The van der Waals surface area contributed by atoms with Gasteiger partial charge in [-0.1, -0.05) is 25.4 Å². The Morgan fingerprint density at radius 3 is 2.61 bits per heavy atom. The van der Waals surface area contributed by atoms with Gasteiger partial charge in [0.2, 0.25) is 5.88 Å². The quantitative estimate of drug-likeness (QED) is 0.803. The average molecular weight is 272 g/mol. The molecule has 0 fully saturated rings. The normalized spacial score (nSPS) is 13.1. The van der Waals surface area contributed by atoms with Crippen molar-refractivity contribution in [3.8, 4) is 5.88 Å². The van der Waals surface area contributed by atoms with Crippen LogP contribution in [0.25, 0.3) is 0 Å². The van der Waals surface area contributed by atoms with Crippen molar-refractivity contribution in [2.45, 2.75) is 20.8 Å². The number of hydrogen-bond donors (Lipinski definition) is 2. The zero-order valence-corrected chi connectivity index (χ0v) is 11.8. The van der Waals surface area contributed by atoms with Gasteiger partial charge >= 0.3 is 0 Å². The molecule has 100 valence electrons. The monoisotopic (exact) mass is 271 g/mol. The van der Waals surface area contributed by atoms with Crippen molar-refractivity contribution in [3.63, 3.8) is 0 Å². The molecular formula is C11H18ClN5O. The fourth-order valence-electron chi connectivity index (χ4n) is 1.37. The van der Waals surface area contributed by atoms with Crippen molar-refractivity contribution in [3.05, 3.63) is 11.0 Å². The Bertz CT molecular complexity index is 436. The van der Waals surface area contributed by atoms with E-state index in [1.165, 1.54) is 7.11 Å². The molecule has 1 aromatic heterocycles. The lowest BCUT2D eigenvalue weighted by molar-refractivity contribution is 0.398. The maximum absolute atomic E-state index is 6.02. The molecule has 1 aliphatic rings. The van der Waals surface area contributed by atoms with E-state index in [2.05, 4.69) is 25.6 Å². The number of anilines is 1. The molecule has 0 radical (unpaired) electrons. The second-order valence-electron chi connectivity index (χ2n) is 3.23. The predicted molar refractivity (Wildman–Crippen MR) is 73.6 cm³/mol. The standard InChI is InChI=1S/C9H12ClN5O.C2H6/c1-5-13-7(10)6(8(14-5)16-2)15-9-11-3-4-12-9;1-2/h3-4H2,1-2H3,(H2,11,12,15);1-2H3. The molecule has 6 nitrogen and oxygen atoms in total. The highest BCUT2D eigenvalue weighted by atomic mass is 35.5. The smallest absolute Gasteiger partial charge is 0.242 e. The lowest BCUT2D eigenvalue weighted by atomic mass is 10.4. The summed E-state index contributed by atoms with van der Waals surface area (Å²) in [5.41, 5.74) is 0.530. The highest BCUT2D eigenvalue weighted by Crippen LogP contribution is 2.28. The molecule has 18 heavy (non-hydrogen) atoms. The molecule has 0 atom stereocenters. The van der Waals surface area contributed by atoms with Crippen LogP contribution in [0.2, 0.25) is 5.15 Å². The second kappa shape index (κ2) is 7.00. The molecule has 2 rings (SSSR count). The third-order valence-electron chi connectivity index (χ3n) is 2.05. The maximum atomic E-state index is 6.02. The van der Waals surface area contributed by atoms with E-state index in [0.717, 1.165) is 13.1 Å². The second-order valence-corrected chi connectivity index (χ2v) is 3.59. The van der Waals surface area contributed by atoms with Crippen molar-refractivity contribution < 1.29 is 4.74 Å². The first-order valence-corrected chi connectivity index (χ1v) is 6.22. The minimum absolute atomic E-state index is 0.320. The molecule has 0 saturated heterocycles. The molecule has 1 aromatic rings. The van der Waals surface area contributed by atoms with E-state index in [1.54, 1.807) is 6.92 Å². The van der Waals surface area contributed by atoms with Gasteiger partial charge in [-0.25, -0.2) is 4.98 Å². The van der Waals surface area contributed by atoms with Crippen LogP contribution in [0.15, 0.2) is 4.99 Å². The van der Waals surface area contributed by atoms with E-state index in [1.807, 2.05) is 13.8 Å². The number of nitrogens with one attached hydrogen (secondary N) is 2. The Kier molecular flexibility index (Phi) is 5.64. The number of methoxy groups -OCH3 is 1. The molecule has 0 aliphatic carbocycles. The van der Waals surface area contributed by atoms with Gasteiger partial charge in [0.05, 0.1) is 13.7 Å². The van der Waals surface area contributed by atoms with Crippen LogP contribution in [0.5, 0.6) is 5.88 Å². The molecule has 0 spiro atoms. The highest BCUT2D eigenvalue weighted by molar-refractivity contribution is 6.32. The van der Waals surface area contributed by atoms with Crippen LogP contribution in [0, 0.1) is 6.92 Å². The van der Waals surface area contributed by atoms with Gasteiger partial charge in [-0.3, -0.25) is 4.99 Å². The summed E-state index contributed by atoms with van der Waals surface area (Å²) in [5.74, 6) is 1.63. The summed E-state index contributed by atoms with van der Waals surface area (Å²) in [6.45, 7) is 7.31. The van der Waals surface area contributed by atoms with Gasteiger partial charge in [0.15, 0.2) is 11.1 Å². The van der Waals surface area contributed by atoms with E-state index in [-0.39, 0.29) is 0 Å². The molecular weight excluding hydrogens is 254 g/mol. The van der Waals surface area contributed by atoms with Crippen molar-refractivity contribution in [2.24, 2.45) is 4.99 Å². The van der Waals surface area contributed by atoms with Crippen LogP contribution < -0.4 is 15.4 Å². The summed E-state index contributed by atoms with van der Waals surface area (Å²) in [5, 5.41) is 6.40. The number of guanidine groups is 1. The molecule has 0 saturated carbocycles. The first kappa shape index (κ1) is 14.5. The number of rotatable bonds is 2. The molecule has 1 aliphatic heterocycles. The fraction of sp³-hybridized carbons (Fsp3) is 0.545. The van der Waals surface area contributed by atoms with Crippen LogP contribution in [-0.4, -0.2) is 36.1 Å². The Morgan fingerprint density at radius 1 is 1.33 bits per heavy atom. The van der Waals surface area contributed by atoms with E-state index in [4.69, 9.17) is 16.3 Å². The average Bonchev–Trinajstić information content (AvgIpc) is 2.87. The lowest BCUT2D eigenvalue weighted by Gasteiger charge is -2.11. The summed E-state index contributed by atoms with van der Waals surface area (Å²) in [6, 6.07) is 0. The third-order valence-corrected chi connectivity index (χ3v) is 2.33. The van der Waals surface area contributed by atoms with Crippen LogP contribution in [-0.2, 0) is 0 Å². The number of nitrogens with zero attached hydrogens (tertiary/aromatic N) is 3. The van der Waals surface area contributed by atoms with Crippen LogP contribution in [0.3, 0.4) is 0 Å². The summed E-state index contributed by atoms with van der Waals surface area (Å²) < 4.78 is 5.14. The Labute approximate surface area is 112 Å². The Morgan fingerprint density at radius 2 is 2.06 bits per heavy atom. The van der Waals surface area contributed by atoms with Crippen molar-refractivity contribution in [1.29, 1.82) is 0 Å². The SMILES string of the molecule is CC.COc1nc(C)nc(Cl)c1NC1=NCCN1. The van der Waals surface area contributed by atoms with Gasteiger partial charge in [-0.2, -0.15) is 4.98 Å². The van der Waals surface area contributed by atoms with E-state index in [0.29, 0.717) is 28.5 Å². The Balaban J connectivity index is 0.000000771.